The number of allylic oxidation sites excluding steroid dienone is 2. The van der Waals surface area contributed by atoms with Gasteiger partial charge in [-0.1, -0.05) is 0 Å². The van der Waals surface area contributed by atoms with E-state index in [1.807, 2.05) is 30.3 Å². The van der Waals surface area contributed by atoms with Crippen LogP contribution in [0.4, 0.5) is 0 Å². The minimum atomic E-state index is 0. The topological polar surface area (TPSA) is 0 Å². The van der Waals surface area contributed by atoms with Crippen molar-refractivity contribution in [3.8, 4) is 0 Å². The van der Waals surface area contributed by atoms with Gasteiger partial charge in [-0.05, 0) is 0 Å². The SMILES string of the molecule is C1=CCC[CH-]1.[Fe+2].c1cc[cH-]c1. The zero-order chi connectivity index (χ0) is 7.07. The summed E-state index contributed by atoms with van der Waals surface area (Å²) in [5.41, 5.74) is 0. The minimum absolute atomic E-state index is 0. The van der Waals surface area contributed by atoms with Crippen molar-refractivity contribution in [2.24, 2.45) is 0 Å². The van der Waals surface area contributed by atoms with Gasteiger partial charge in [-0.3, -0.25) is 0 Å². The van der Waals surface area contributed by atoms with Crippen LogP contribution in [0.3, 0.4) is 0 Å². The van der Waals surface area contributed by atoms with Gasteiger partial charge in [-0.25, -0.2) is 30.7 Å². The quantitative estimate of drug-likeness (QED) is 0.433. The Balaban J connectivity index is 0.000000167. The Morgan fingerprint density at radius 3 is 2.00 bits per heavy atom. The smallest absolute Gasteiger partial charge is 0.232 e. The molecular weight excluding hydrogens is 176 g/mol. The molecule has 0 N–H and O–H groups in total. The summed E-state index contributed by atoms with van der Waals surface area (Å²) in [6.07, 6.45) is 9.00. The normalized spacial score (nSPS) is 12.4. The molecule has 1 heteroatoms. The molecule has 0 amide bonds. The molecule has 0 saturated carbocycles. The van der Waals surface area contributed by atoms with Crippen molar-refractivity contribution in [2.75, 3.05) is 0 Å². The average molecular weight is 188 g/mol. The van der Waals surface area contributed by atoms with Crippen molar-refractivity contribution in [1.82, 2.24) is 0 Å². The molecule has 0 saturated heterocycles. The Kier molecular flexibility index (Phi) is 7.23. The summed E-state index contributed by atoms with van der Waals surface area (Å²) in [4.78, 5) is 0. The van der Waals surface area contributed by atoms with E-state index in [0.717, 1.165) is 0 Å². The van der Waals surface area contributed by atoms with Crippen LogP contribution in [0.1, 0.15) is 12.8 Å². The second-order valence-corrected chi connectivity index (χ2v) is 2.20. The van der Waals surface area contributed by atoms with Crippen LogP contribution in [0.2, 0.25) is 0 Å². The van der Waals surface area contributed by atoms with Gasteiger partial charge >= 0.3 is 17.1 Å². The molecule has 2 rings (SSSR count). The van der Waals surface area contributed by atoms with Gasteiger partial charge in [-0.2, -0.15) is 18.2 Å². The third-order valence-corrected chi connectivity index (χ3v) is 1.33. The minimum Gasteiger partial charge on any atom is -0.232 e. The van der Waals surface area contributed by atoms with Crippen LogP contribution in [-0.4, -0.2) is 0 Å². The van der Waals surface area contributed by atoms with E-state index in [4.69, 9.17) is 0 Å². The zero-order valence-electron chi connectivity index (χ0n) is 6.39. The molecule has 0 aromatic heterocycles. The van der Waals surface area contributed by atoms with E-state index in [9.17, 15) is 0 Å². The van der Waals surface area contributed by atoms with Crippen LogP contribution >= 0.6 is 0 Å². The number of rotatable bonds is 0. The van der Waals surface area contributed by atoms with E-state index in [1.165, 1.54) is 12.8 Å². The van der Waals surface area contributed by atoms with Crippen molar-refractivity contribution in [2.45, 2.75) is 12.8 Å². The van der Waals surface area contributed by atoms with Gasteiger partial charge in [0.2, 0.25) is 0 Å². The molecule has 0 heterocycles. The van der Waals surface area contributed by atoms with E-state index >= 15 is 0 Å². The molecule has 0 unspecified atom stereocenters. The molecule has 0 fully saturated rings. The molecule has 1 aliphatic carbocycles. The molecule has 0 aliphatic heterocycles. The maximum atomic E-state index is 2.18. The maximum absolute atomic E-state index is 2.18. The predicted molar refractivity (Wildman–Crippen MR) is 44.7 cm³/mol. The molecule has 1 aliphatic rings. The van der Waals surface area contributed by atoms with E-state index < -0.39 is 0 Å². The summed E-state index contributed by atoms with van der Waals surface area (Å²) in [5, 5.41) is 0. The first-order valence-corrected chi connectivity index (χ1v) is 3.65. The summed E-state index contributed by atoms with van der Waals surface area (Å²) < 4.78 is 0. The zero-order valence-corrected chi connectivity index (χ0v) is 7.49. The predicted octanol–water partition coefficient (Wildman–Crippen LogP) is 2.94. The van der Waals surface area contributed by atoms with Gasteiger partial charge in [0.1, 0.15) is 0 Å². The monoisotopic (exact) mass is 188 g/mol. The third-order valence-electron chi connectivity index (χ3n) is 1.33. The Morgan fingerprint density at radius 2 is 1.82 bits per heavy atom. The second kappa shape index (κ2) is 7.58. The van der Waals surface area contributed by atoms with Crippen molar-refractivity contribution in [3.05, 3.63) is 48.9 Å². The molecule has 1 aromatic carbocycles. The summed E-state index contributed by atoms with van der Waals surface area (Å²) in [6, 6.07) is 10.0. The molecule has 0 atom stereocenters. The van der Waals surface area contributed by atoms with Crippen molar-refractivity contribution in [1.29, 1.82) is 0 Å². The van der Waals surface area contributed by atoms with Crippen LogP contribution < -0.4 is 0 Å². The first-order valence-electron chi connectivity index (χ1n) is 3.65. The third kappa shape index (κ3) is 5.90. The van der Waals surface area contributed by atoms with Crippen molar-refractivity contribution >= 4 is 0 Å². The van der Waals surface area contributed by atoms with Gasteiger partial charge in [0.25, 0.3) is 0 Å². The van der Waals surface area contributed by atoms with E-state index in [2.05, 4.69) is 18.6 Å². The fraction of sp³-hybridized carbons (Fsp3) is 0.200. The molecule has 0 bridgehead atoms. The average Bonchev–Trinajstić information content (AvgIpc) is 2.67. The maximum Gasteiger partial charge on any atom is 2.00 e. The molecule has 1 aromatic rings. The van der Waals surface area contributed by atoms with E-state index in [0.29, 0.717) is 0 Å². The van der Waals surface area contributed by atoms with Crippen LogP contribution in [0, 0.1) is 6.42 Å². The first kappa shape index (κ1) is 10.5. The molecule has 60 valence electrons. The Labute approximate surface area is 79.2 Å². The summed E-state index contributed by atoms with van der Waals surface area (Å²) in [6.45, 7) is 0. The summed E-state index contributed by atoms with van der Waals surface area (Å²) in [7, 11) is 0. The Bertz CT molecular complexity index is 140. The number of hydrogen-bond donors (Lipinski definition) is 0. The summed E-state index contributed by atoms with van der Waals surface area (Å²) >= 11 is 0. The summed E-state index contributed by atoms with van der Waals surface area (Å²) in [5.74, 6) is 0. The van der Waals surface area contributed by atoms with E-state index in [1.54, 1.807) is 0 Å². The van der Waals surface area contributed by atoms with E-state index in [-0.39, 0.29) is 17.1 Å². The van der Waals surface area contributed by atoms with Gasteiger partial charge in [0, 0.05) is 0 Å². The Morgan fingerprint density at radius 1 is 1.09 bits per heavy atom. The van der Waals surface area contributed by atoms with Crippen LogP contribution in [0.5, 0.6) is 0 Å². The standard InChI is InChI=1S/C5H7.C5H5.Fe/c2*1-2-4-5-3-1;/h1-3H,4-5H2;1-5H;/q2*-1;+2. The van der Waals surface area contributed by atoms with Crippen molar-refractivity contribution in [3.63, 3.8) is 0 Å². The molecule has 0 spiro atoms. The fourth-order valence-electron chi connectivity index (χ4n) is 0.802. The fourth-order valence-corrected chi connectivity index (χ4v) is 0.802. The largest absolute Gasteiger partial charge is 2.00 e. The van der Waals surface area contributed by atoms with Crippen molar-refractivity contribution < 1.29 is 17.1 Å². The van der Waals surface area contributed by atoms with Crippen LogP contribution in [0.25, 0.3) is 0 Å². The molecule has 0 nitrogen and oxygen atoms in total. The molecule has 0 radical (unpaired) electrons. The van der Waals surface area contributed by atoms with Gasteiger partial charge in [0.15, 0.2) is 0 Å². The van der Waals surface area contributed by atoms with Crippen LogP contribution in [0.15, 0.2) is 42.5 Å². The van der Waals surface area contributed by atoms with Gasteiger partial charge < -0.3 is 0 Å². The van der Waals surface area contributed by atoms with Gasteiger partial charge in [0.05, 0.1) is 0 Å². The van der Waals surface area contributed by atoms with Gasteiger partial charge in [-0.15, -0.1) is 12.8 Å². The second-order valence-electron chi connectivity index (χ2n) is 2.20. The Hall–Kier alpha value is -0.521. The van der Waals surface area contributed by atoms with Crippen LogP contribution in [-0.2, 0) is 17.1 Å². The first-order chi connectivity index (χ1) is 5.00. The molecular formula is C10H12Fe. The molecule has 11 heavy (non-hydrogen) atoms. The number of hydrogen-bond acceptors (Lipinski definition) is 0.